The summed E-state index contributed by atoms with van der Waals surface area (Å²) < 4.78 is 7.49. The SMILES string of the molecule is CC(COc1ccc2c3ccncc3c(=O)n(C)c2c1)CC(C)NC(=O)O. The lowest BCUT2D eigenvalue weighted by Crippen LogP contribution is -2.33. The van der Waals surface area contributed by atoms with E-state index in [0.29, 0.717) is 24.2 Å². The molecule has 2 heterocycles. The highest BCUT2D eigenvalue weighted by Gasteiger charge is 2.13. The molecule has 7 heteroatoms. The van der Waals surface area contributed by atoms with Crippen LogP contribution >= 0.6 is 0 Å². The molecule has 2 N–H and O–H groups in total. The van der Waals surface area contributed by atoms with E-state index in [1.807, 2.05) is 38.1 Å². The Morgan fingerprint density at radius 3 is 2.78 bits per heavy atom. The number of benzene rings is 1. The van der Waals surface area contributed by atoms with Gasteiger partial charge < -0.3 is 19.7 Å². The van der Waals surface area contributed by atoms with Gasteiger partial charge in [-0.05, 0) is 42.8 Å². The van der Waals surface area contributed by atoms with E-state index in [2.05, 4.69) is 10.3 Å². The quantitative estimate of drug-likeness (QED) is 0.651. The molecule has 1 aromatic carbocycles. The van der Waals surface area contributed by atoms with E-state index in [4.69, 9.17) is 9.84 Å². The van der Waals surface area contributed by atoms with Crippen LogP contribution in [0.3, 0.4) is 0 Å². The number of aryl methyl sites for hydroxylation is 1. The smallest absolute Gasteiger partial charge is 0.404 e. The molecule has 0 aliphatic rings. The number of carboxylic acid groups (broad SMARTS) is 1. The summed E-state index contributed by atoms with van der Waals surface area (Å²) in [7, 11) is 1.74. The van der Waals surface area contributed by atoms with Crippen LogP contribution in [0.1, 0.15) is 20.3 Å². The third-order valence-electron chi connectivity index (χ3n) is 4.64. The van der Waals surface area contributed by atoms with Crippen LogP contribution in [0.4, 0.5) is 4.79 Å². The molecule has 0 saturated heterocycles. The lowest BCUT2D eigenvalue weighted by Gasteiger charge is -2.18. The van der Waals surface area contributed by atoms with Crippen molar-refractivity contribution in [2.75, 3.05) is 6.61 Å². The Kier molecular flexibility index (Phi) is 5.30. The fourth-order valence-corrected chi connectivity index (χ4v) is 3.38. The molecule has 0 aliphatic heterocycles. The largest absolute Gasteiger partial charge is 0.493 e. The fourth-order valence-electron chi connectivity index (χ4n) is 3.38. The second-order valence-electron chi connectivity index (χ2n) is 6.97. The summed E-state index contributed by atoms with van der Waals surface area (Å²) in [6.45, 7) is 4.30. The third-order valence-corrected chi connectivity index (χ3v) is 4.64. The van der Waals surface area contributed by atoms with E-state index < -0.39 is 6.09 Å². The topological polar surface area (TPSA) is 93.5 Å². The van der Waals surface area contributed by atoms with Crippen molar-refractivity contribution >= 4 is 27.8 Å². The molecular formula is C20H23N3O4. The maximum atomic E-state index is 12.6. The van der Waals surface area contributed by atoms with Crippen LogP contribution in [0.5, 0.6) is 5.75 Å². The molecule has 2 aromatic heterocycles. The second kappa shape index (κ2) is 7.65. The van der Waals surface area contributed by atoms with Crippen molar-refractivity contribution in [1.29, 1.82) is 0 Å². The molecule has 2 unspecified atom stereocenters. The number of rotatable bonds is 6. The van der Waals surface area contributed by atoms with Gasteiger partial charge in [0, 0.05) is 36.9 Å². The molecule has 0 saturated carbocycles. The molecule has 0 bridgehead atoms. The Bertz CT molecular complexity index is 1040. The second-order valence-corrected chi connectivity index (χ2v) is 6.97. The molecule has 3 rings (SSSR count). The molecular weight excluding hydrogens is 346 g/mol. The van der Waals surface area contributed by atoms with Crippen LogP contribution in [-0.2, 0) is 7.05 Å². The summed E-state index contributed by atoms with van der Waals surface area (Å²) in [5, 5.41) is 13.6. The Labute approximate surface area is 156 Å². The number of hydrogen-bond donors (Lipinski definition) is 2. The van der Waals surface area contributed by atoms with Crippen LogP contribution < -0.4 is 15.6 Å². The monoisotopic (exact) mass is 369 g/mol. The average Bonchev–Trinajstić information content (AvgIpc) is 2.63. The molecule has 0 aliphatic carbocycles. The lowest BCUT2D eigenvalue weighted by molar-refractivity contribution is 0.185. The van der Waals surface area contributed by atoms with Gasteiger partial charge in [-0.3, -0.25) is 9.78 Å². The van der Waals surface area contributed by atoms with E-state index in [9.17, 15) is 9.59 Å². The minimum Gasteiger partial charge on any atom is -0.493 e. The van der Waals surface area contributed by atoms with Gasteiger partial charge in [0.2, 0.25) is 0 Å². The molecule has 27 heavy (non-hydrogen) atoms. The predicted molar refractivity (Wildman–Crippen MR) is 104 cm³/mol. The van der Waals surface area contributed by atoms with E-state index in [0.717, 1.165) is 16.3 Å². The minimum absolute atomic E-state index is 0.0929. The molecule has 2 atom stereocenters. The van der Waals surface area contributed by atoms with Gasteiger partial charge in [-0.15, -0.1) is 0 Å². The Morgan fingerprint density at radius 2 is 2.04 bits per heavy atom. The zero-order valence-electron chi connectivity index (χ0n) is 15.6. The Morgan fingerprint density at radius 1 is 1.26 bits per heavy atom. The predicted octanol–water partition coefficient (Wildman–Crippen LogP) is 3.15. The van der Waals surface area contributed by atoms with Gasteiger partial charge in [0.15, 0.2) is 0 Å². The van der Waals surface area contributed by atoms with Gasteiger partial charge in [-0.25, -0.2) is 4.79 Å². The zero-order chi connectivity index (χ0) is 19.6. The number of pyridine rings is 2. The maximum Gasteiger partial charge on any atom is 0.404 e. The van der Waals surface area contributed by atoms with E-state index in [1.165, 1.54) is 0 Å². The fraction of sp³-hybridized carbons (Fsp3) is 0.350. The molecule has 0 radical (unpaired) electrons. The lowest BCUT2D eigenvalue weighted by atomic mass is 10.0. The summed E-state index contributed by atoms with van der Waals surface area (Å²) in [6, 6.07) is 7.41. The first-order valence-corrected chi connectivity index (χ1v) is 8.85. The first-order chi connectivity index (χ1) is 12.9. The molecule has 3 aromatic rings. The van der Waals surface area contributed by atoms with Crippen LogP contribution in [0.25, 0.3) is 21.7 Å². The van der Waals surface area contributed by atoms with Gasteiger partial charge in [-0.2, -0.15) is 0 Å². The van der Waals surface area contributed by atoms with Crippen molar-refractivity contribution in [3.8, 4) is 5.75 Å². The van der Waals surface area contributed by atoms with Gasteiger partial charge in [-0.1, -0.05) is 6.92 Å². The average molecular weight is 369 g/mol. The van der Waals surface area contributed by atoms with Crippen molar-refractivity contribution in [3.05, 3.63) is 47.0 Å². The molecule has 0 spiro atoms. The number of amides is 1. The van der Waals surface area contributed by atoms with Gasteiger partial charge >= 0.3 is 6.09 Å². The van der Waals surface area contributed by atoms with Crippen molar-refractivity contribution in [3.63, 3.8) is 0 Å². The number of nitrogens with one attached hydrogen (secondary N) is 1. The standard InChI is InChI=1S/C20H23N3O4/c1-12(8-13(2)22-20(25)26)11-27-14-4-5-16-15-6-7-21-10-17(15)19(24)23(3)18(16)9-14/h4-7,9-10,12-13,22H,8,11H2,1-3H3,(H,25,26). The van der Waals surface area contributed by atoms with E-state index >= 15 is 0 Å². The van der Waals surface area contributed by atoms with Crippen molar-refractivity contribution in [2.45, 2.75) is 26.3 Å². The number of hydrogen-bond acceptors (Lipinski definition) is 4. The van der Waals surface area contributed by atoms with Gasteiger partial charge in [0.25, 0.3) is 5.56 Å². The van der Waals surface area contributed by atoms with Crippen molar-refractivity contribution in [2.24, 2.45) is 13.0 Å². The normalized spacial score (nSPS) is 13.4. The highest BCUT2D eigenvalue weighted by molar-refractivity contribution is 6.05. The number of nitrogens with zero attached hydrogens (tertiary/aromatic N) is 2. The summed E-state index contributed by atoms with van der Waals surface area (Å²) >= 11 is 0. The highest BCUT2D eigenvalue weighted by atomic mass is 16.5. The molecule has 0 fully saturated rings. The van der Waals surface area contributed by atoms with Gasteiger partial charge in [0.05, 0.1) is 17.5 Å². The van der Waals surface area contributed by atoms with Crippen LogP contribution in [0.2, 0.25) is 0 Å². The molecule has 1 amide bonds. The Hall–Kier alpha value is -3.09. The summed E-state index contributed by atoms with van der Waals surface area (Å²) in [6.07, 6.45) is 2.93. The first kappa shape index (κ1) is 18.7. The van der Waals surface area contributed by atoms with Crippen LogP contribution in [-0.4, -0.2) is 33.4 Å². The van der Waals surface area contributed by atoms with E-state index in [-0.39, 0.29) is 17.5 Å². The molecule has 7 nitrogen and oxygen atoms in total. The Balaban J connectivity index is 1.81. The first-order valence-electron chi connectivity index (χ1n) is 8.85. The summed E-state index contributed by atoms with van der Waals surface area (Å²) in [5.41, 5.74) is 0.703. The van der Waals surface area contributed by atoms with Gasteiger partial charge in [0.1, 0.15) is 5.75 Å². The number of fused-ring (bicyclic) bond motifs is 3. The number of carbonyl (C=O) groups is 1. The highest BCUT2D eigenvalue weighted by Crippen LogP contribution is 2.26. The van der Waals surface area contributed by atoms with Crippen molar-refractivity contribution in [1.82, 2.24) is 14.9 Å². The summed E-state index contributed by atoms with van der Waals surface area (Å²) in [5.74, 6) is 0.852. The zero-order valence-corrected chi connectivity index (χ0v) is 15.6. The van der Waals surface area contributed by atoms with Crippen LogP contribution in [0.15, 0.2) is 41.5 Å². The summed E-state index contributed by atoms with van der Waals surface area (Å²) in [4.78, 5) is 27.3. The minimum atomic E-state index is -1.02. The van der Waals surface area contributed by atoms with Crippen LogP contribution in [0, 0.1) is 5.92 Å². The molecule has 142 valence electrons. The van der Waals surface area contributed by atoms with Crippen molar-refractivity contribution < 1.29 is 14.6 Å². The third kappa shape index (κ3) is 4.02. The van der Waals surface area contributed by atoms with E-state index in [1.54, 1.807) is 24.0 Å². The number of ether oxygens (including phenoxy) is 1. The number of aromatic nitrogens is 2. The maximum absolute atomic E-state index is 12.6.